The van der Waals surface area contributed by atoms with Crippen molar-refractivity contribution in [3.63, 3.8) is 0 Å². The molecule has 1 atom stereocenters. The van der Waals surface area contributed by atoms with Crippen LogP contribution in [-0.2, 0) is 29.7 Å². The van der Waals surface area contributed by atoms with Crippen molar-refractivity contribution < 1.29 is 8.42 Å². The Kier molecular flexibility index (Phi) is 3.89. The van der Waals surface area contributed by atoms with E-state index in [2.05, 4.69) is 10.4 Å². The Hall–Kier alpha value is -1.19. The zero-order valence-corrected chi connectivity index (χ0v) is 13.0. The second-order valence-electron chi connectivity index (χ2n) is 5.84. The van der Waals surface area contributed by atoms with Crippen LogP contribution in [0.3, 0.4) is 0 Å². The Labute approximate surface area is 123 Å². The molecule has 0 radical (unpaired) electrons. The molecule has 0 aliphatic carbocycles. The van der Waals surface area contributed by atoms with Gasteiger partial charge in [-0.2, -0.15) is 5.10 Å². The Morgan fingerprint density at radius 1 is 1.38 bits per heavy atom. The predicted octanol–water partition coefficient (Wildman–Crippen LogP) is -1.18. The van der Waals surface area contributed by atoms with E-state index in [1.807, 2.05) is 0 Å². The van der Waals surface area contributed by atoms with E-state index >= 15 is 0 Å². The number of hydrogen-bond acceptors (Lipinski definition) is 5. The summed E-state index contributed by atoms with van der Waals surface area (Å²) in [6, 6.07) is 0. The van der Waals surface area contributed by atoms with Gasteiger partial charge in [0.1, 0.15) is 5.82 Å². The van der Waals surface area contributed by atoms with Crippen molar-refractivity contribution in [2.45, 2.75) is 32.5 Å². The van der Waals surface area contributed by atoms with Gasteiger partial charge in [-0.15, -0.1) is 0 Å². The van der Waals surface area contributed by atoms with Gasteiger partial charge in [0.2, 0.25) is 10.0 Å². The summed E-state index contributed by atoms with van der Waals surface area (Å²) in [5.74, 6) is 0.915. The van der Waals surface area contributed by atoms with Crippen LogP contribution in [0.2, 0.25) is 0 Å². The lowest BCUT2D eigenvalue weighted by atomic mass is 10.00. The van der Waals surface area contributed by atoms with Gasteiger partial charge in [-0.05, 0) is 18.8 Å². The van der Waals surface area contributed by atoms with Crippen LogP contribution >= 0.6 is 0 Å². The summed E-state index contributed by atoms with van der Waals surface area (Å²) in [6.45, 7) is 3.59. The Balaban J connectivity index is 1.75. The molecule has 1 N–H and O–H groups in total. The number of fused-ring (bicyclic) bond motifs is 1. The van der Waals surface area contributed by atoms with Gasteiger partial charge in [0.25, 0.3) is 0 Å². The lowest BCUT2D eigenvalue weighted by Crippen LogP contribution is -2.41. The summed E-state index contributed by atoms with van der Waals surface area (Å²) in [5, 5.41) is 7.56. The minimum absolute atomic E-state index is 0.0806. The van der Waals surface area contributed by atoms with E-state index in [1.54, 1.807) is 4.57 Å². The molecule has 0 amide bonds. The number of nitrogens with one attached hydrogen (secondary N) is 1. The molecule has 0 saturated carbocycles. The summed E-state index contributed by atoms with van der Waals surface area (Å²) in [7, 11) is -3.15. The SMILES string of the molecule is CS(=O)(=O)N1CCCC(Cn2nc3n(c2=O)CCNC3)C1. The Morgan fingerprint density at radius 2 is 2.19 bits per heavy atom. The zero-order valence-electron chi connectivity index (χ0n) is 12.2. The molecule has 8 nitrogen and oxygen atoms in total. The fourth-order valence-corrected chi connectivity index (χ4v) is 4.02. The molecule has 21 heavy (non-hydrogen) atoms. The van der Waals surface area contributed by atoms with Gasteiger partial charge in [0.15, 0.2) is 0 Å². The van der Waals surface area contributed by atoms with Crippen LogP contribution in [0.1, 0.15) is 18.7 Å². The molecule has 3 rings (SSSR count). The average molecular weight is 315 g/mol. The summed E-state index contributed by atoms with van der Waals surface area (Å²) in [4.78, 5) is 12.3. The van der Waals surface area contributed by atoms with Crippen molar-refractivity contribution in [3.8, 4) is 0 Å². The van der Waals surface area contributed by atoms with Crippen LogP contribution in [0.15, 0.2) is 4.79 Å². The number of sulfonamides is 1. The van der Waals surface area contributed by atoms with Gasteiger partial charge in [0.05, 0.1) is 19.3 Å². The standard InChI is InChI=1S/C12H21N5O3S/c1-21(19,20)15-5-2-3-10(8-15)9-17-12(18)16-6-4-13-7-11(16)14-17/h10,13H,2-9H2,1H3. The Morgan fingerprint density at radius 3 is 2.90 bits per heavy atom. The third kappa shape index (κ3) is 3.04. The third-order valence-electron chi connectivity index (χ3n) is 4.18. The highest BCUT2D eigenvalue weighted by atomic mass is 32.2. The molecular weight excluding hydrogens is 294 g/mol. The second-order valence-corrected chi connectivity index (χ2v) is 7.82. The summed E-state index contributed by atoms with van der Waals surface area (Å²) >= 11 is 0. The first-order valence-electron chi connectivity index (χ1n) is 7.27. The molecule has 0 bridgehead atoms. The quantitative estimate of drug-likeness (QED) is 0.758. The highest BCUT2D eigenvalue weighted by Gasteiger charge is 2.27. The molecule has 2 aliphatic rings. The first-order valence-corrected chi connectivity index (χ1v) is 9.12. The van der Waals surface area contributed by atoms with Crippen molar-refractivity contribution >= 4 is 10.0 Å². The number of aromatic nitrogens is 3. The van der Waals surface area contributed by atoms with Gasteiger partial charge >= 0.3 is 5.69 Å². The van der Waals surface area contributed by atoms with E-state index in [-0.39, 0.29) is 11.6 Å². The molecule has 1 fully saturated rings. The fourth-order valence-electron chi connectivity index (χ4n) is 3.07. The summed E-state index contributed by atoms with van der Waals surface area (Å²) in [5.41, 5.74) is -0.0806. The largest absolute Gasteiger partial charge is 0.346 e. The first-order chi connectivity index (χ1) is 9.95. The maximum atomic E-state index is 12.3. The van der Waals surface area contributed by atoms with Crippen LogP contribution in [-0.4, -0.2) is 53.0 Å². The van der Waals surface area contributed by atoms with E-state index < -0.39 is 10.0 Å². The maximum absolute atomic E-state index is 12.3. The highest BCUT2D eigenvalue weighted by Crippen LogP contribution is 2.19. The number of piperidine rings is 1. The van der Waals surface area contributed by atoms with Crippen molar-refractivity contribution in [2.75, 3.05) is 25.9 Å². The zero-order chi connectivity index (χ0) is 15.0. The van der Waals surface area contributed by atoms with E-state index in [1.165, 1.54) is 15.2 Å². The van der Waals surface area contributed by atoms with Crippen molar-refractivity contribution in [2.24, 2.45) is 5.92 Å². The van der Waals surface area contributed by atoms with Crippen LogP contribution in [0.25, 0.3) is 0 Å². The molecule has 3 heterocycles. The van der Waals surface area contributed by atoms with E-state index in [0.29, 0.717) is 32.7 Å². The third-order valence-corrected chi connectivity index (χ3v) is 5.45. The lowest BCUT2D eigenvalue weighted by Gasteiger charge is -2.30. The van der Waals surface area contributed by atoms with Crippen LogP contribution in [0, 0.1) is 5.92 Å². The molecule has 1 unspecified atom stereocenters. The van der Waals surface area contributed by atoms with E-state index in [9.17, 15) is 13.2 Å². The number of rotatable bonds is 3. The molecule has 0 aromatic carbocycles. The highest BCUT2D eigenvalue weighted by molar-refractivity contribution is 7.88. The van der Waals surface area contributed by atoms with Crippen LogP contribution in [0.4, 0.5) is 0 Å². The minimum atomic E-state index is -3.15. The summed E-state index contributed by atoms with van der Waals surface area (Å²) < 4.78 is 28.0. The van der Waals surface area contributed by atoms with E-state index in [4.69, 9.17) is 0 Å². The summed E-state index contributed by atoms with van der Waals surface area (Å²) in [6.07, 6.45) is 3.00. The van der Waals surface area contributed by atoms with Gasteiger partial charge in [-0.25, -0.2) is 22.2 Å². The van der Waals surface area contributed by atoms with Crippen molar-refractivity contribution in [1.29, 1.82) is 0 Å². The van der Waals surface area contributed by atoms with Gasteiger partial charge in [0, 0.05) is 26.2 Å². The number of nitrogens with zero attached hydrogens (tertiary/aromatic N) is 4. The first kappa shape index (κ1) is 14.7. The molecule has 0 spiro atoms. The molecule has 118 valence electrons. The second kappa shape index (κ2) is 5.54. The van der Waals surface area contributed by atoms with Crippen molar-refractivity contribution in [3.05, 3.63) is 16.3 Å². The molecule has 1 saturated heterocycles. The average Bonchev–Trinajstić information content (AvgIpc) is 2.75. The minimum Gasteiger partial charge on any atom is -0.308 e. The van der Waals surface area contributed by atoms with Crippen molar-refractivity contribution in [1.82, 2.24) is 24.0 Å². The fraction of sp³-hybridized carbons (Fsp3) is 0.833. The smallest absolute Gasteiger partial charge is 0.308 e. The topological polar surface area (TPSA) is 89.2 Å². The van der Waals surface area contributed by atoms with Gasteiger partial charge < -0.3 is 5.32 Å². The molecule has 2 aliphatic heterocycles. The molecule has 1 aromatic rings. The van der Waals surface area contributed by atoms with Crippen LogP contribution < -0.4 is 11.0 Å². The van der Waals surface area contributed by atoms with Crippen LogP contribution in [0.5, 0.6) is 0 Å². The molecular formula is C12H21N5O3S. The molecule has 1 aromatic heterocycles. The van der Waals surface area contributed by atoms with Gasteiger partial charge in [-0.3, -0.25) is 4.57 Å². The lowest BCUT2D eigenvalue weighted by molar-refractivity contribution is 0.238. The van der Waals surface area contributed by atoms with E-state index in [0.717, 1.165) is 25.2 Å². The maximum Gasteiger partial charge on any atom is 0.346 e. The number of hydrogen-bond donors (Lipinski definition) is 1. The predicted molar refractivity (Wildman–Crippen MR) is 77.3 cm³/mol. The monoisotopic (exact) mass is 315 g/mol. The van der Waals surface area contributed by atoms with Gasteiger partial charge in [-0.1, -0.05) is 0 Å². The molecule has 9 heteroatoms. The Bertz CT molecular complexity index is 678. The normalized spacial score (nSPS) is 24.0.